The zero-order valence-electron chi connectivity index (χ0n) is 8.82. The minimum Gasteiger partial charge on any atom is -0.248 e. The second kappa shape index (κ2) is 3.97. The highest BCUT2D eigenvalue weighted by molar-refractivity contribution is 6.30. The van der Waals surface area contributed by atoms with Gasteiger partial charge in [-0.2, -0.15) is 0 Å². The predicted molar refractivity (Wildman–Crippen MR) is 68.4 cm³/mol. The first-order valence-electron chi connectivity index (χ1n) is 5.21. The molecule has 1 heterocycles. The van der Waals surface area contributed by atoms with E-state index < -0.39 is 0 Å². The molecular weight excluding hydrogens is 237 g/mol. The molecule has 0 unspecified atom stereocenters. The maximum Gasteiger partial charge on any atom is 0.189 e. The van der Waals surface area contributed by atoms with Gasteiger partial charge in [0.05, 0.1) is 11.4 Å². The van der Waals surface area contributed by atoms with Gasteiger partial charge in [0.1, 0.15) is 0 Å². The number of benzene rings is 1. The van der Waals surface area contributed by atoms with E-state index in [0.29, 0.717) is 5.02 Å². The number of nitrogens with zero attached hydrogens (tertiary/aromatic N) is 1. The molecule has 1 aliphatic heterocycles. The molecule has 1 aromatic rings. The number of allylic oxidation sites excluding steroid dienone is 5. The maximum atomic E-state index is 13.1. The minimum atomic E-state index is -0.243. The first kappa shape index (κ1) is 10.5. The van der Waals surface area contributed by atoms with E-state index in [-0.39, 0.29) is 6.17 Å². The Morgan fingerprint density at radius 3 is 2.53 bits per heavy atom. The van der Waals surface area contributed by atoms with Crippen molar-refractivity contribution in [3.05, 3.63) is 70.9 Å². The lowest BCUT2D eigenvalue weighted by molar-refractivity contribution is 0.587. The van der Waals surface area contributed by atoms with Gasteiger partial charge >= 0.3 is 0 Å². The molecule has 0 bridgehead atoms. The van der Waals surface area contributed by atoms with E-state index >= 15 is 0 Å². The van der Waals surface area contributed by atoms with Crippen LogP contribution in [-0.4, -0.2) is 5.71 Å². The van der Waals surface area contributed by atoms with Crippen molar-refractivity contribution in [3.8, 4) is 0 Å². The van der Waals surface area contributed by atoms with E-state index in [1.165, 1.54) is 12.2 Å². The third kappa shape index (κ3) is 1.96. The van der Waals surface area contributed by atoms with E-state index in [1.807, 2.05) is 30.3 Å². The molecule has 3 rings (SSSR count). The van der Waals surface area contributed by atoms with Crippen LogP contribution in [0.5, 0.6) is 0 Å². The van der Waals surface area contributed by atoms with Crippen LogP contribution in [0.3, 0.4) is 0 Å². The van der Waals surface area contributed by atoms with Crippen molar-refractivity contribution in [1.29, 1.82) is 0 Å². The van der Waals surface area contributed by atoms with Crippen molar-refractivity contribution < 1.29 is 4.39 Å². The standard InChI is InChI=1S/C14H8ClFN/c15-11-3-1-9(2-4-11)14-8-10-7-12(16)5-6-13(10)17-14/h1-8H. The summed E-state index contributed by atoms with van der Waals surface area (Å²) < 4.78 is 13.1. The molecule has 0 atom stereocenters. The Bertz CT molecular complexity index is 579. The summed E-state index contributed by atoms with van der Waals surface area (Å²) in [6, 6.07) is 7.44. The summed E-state index contributed by atoms with van der Waals surface area (Å²) in [5.74, 6) is 0. The lowest BCUT2D eigenvalue weighted by atomic mass is 10.0. The van der Waals surface area contributed by atoms with E-state index in [4.69, 9.17) is 11.6 Å². The molecule has 0 N–H and O–H groups in total. The Labute approximate surface area is 104 Å². The van der Waals surface area contributed by atoms with Crippen molar-refractivity contribution >= 4 is 23.0 Å². The van der Waals surface area contributed by atoms with Crippen molar-refractivity contribution in [2.45, 2.75) is 0 Å². The number of fused-ring (bicyclic) bond motifs is 1. The van der Waals surface area contributed by atoms with Crippen LogP contribution in [0.4, 0.5) is 4.39 Å². The Morgan fingerprint density at radius 1 is 1.00 bits per heavy atom. The molecular formula is C14H8ClFN. The highest BCUT2D eigenvalue weighted by Gasteiger charge is 2.18. The number of aliphatic imine (C=N–C) groups is 1. The highest BCUT2D eigenvalue weighted by atomic mass is 35.5. The summed E-state index contributed by atoms with van der Waals surface area (Å²) >= 11 is 5.83. The summed E-state index contributed by atoms with van der Waals surface area (Å²) in [5.41, 5.74) is 3.43. The summed E-state index contributed by atoms with van der Waals surface area (Å²) in [6.45, 7) is 0. The van der Waals surface area contributed by atoms with Gasteiger partial charge in [0.2, 0.25) is 0 Å². The third-order valence-corrected chi connectivity index (χ3v) is 2.91. The molecule has 0 fully saturated rings. The highest BCUT2D eigenvalue weighted by Crippen LogP contribution is 2.30. The van der Waals surface area contributed by atoms with Gasteiger partial charge in [-0.25, -0.2) is 9.38 Å². The fourth-order valence-corrected chi connectivity index (χ4v) is 1.95. The molecule has 3 heteroatoms. The average molecular weight is 245 g/mol. The number of halogens is 2. The van der Waals surface area contributed by atoms with Gasteiger partial charge in [-0.1, -0.05) is 23.7 Å². The lowest BCUT2D eigenvalue weighted by Gasteiger charge is -2.03. The van der Waals surface area contributed by atoms with Gasteiger partial charge < -0.3 is 0 Å². The van der Waals surface area contributed by atoms with E-state index in [9.17, 15) is 4.39 Å². The zero-order chi connectivity index (χ0) is 11.8. The maximum absolute atomic E-state index is 13.1. The van der Waals surface area contributed by atoms with Gasteiger partial charge in [-0.15, -0.1) is 0 Å². The van der Waals surface area contributed by atoms with Crippen molar-refractivity contribution in [2.24, 2.45) is 4.99 Å². The van der Waals surface area contributed by atoms with Gasteiger partial charge in [0, 0.05) is 16.2 Å². The van der Waals surface area contributed by atoms with Crippen LogP contribution in [0.1, 0.15) is 5.56 Å². The first-order valence-corrected chi connectivity index (χ1v) is 5.59. The molecule has 2 aliphatic rings. The molecule has 0 amide bonds. The third-order valence-electron chi connectivity index (χ3n) is 2.66. The Hall–Kier alpha value is -1.67. The molecule has 0 saturated carbocycles. The van der Waals surface area contributed by atoms with Crippen LogP contribution in [0, 0.1) is 6.17 Å². The van der Waals surface area contributed by atoms with Gasteiger partial charge in [0.15, 0.2) is 6.17 Å². The second-order valence-corrected chi connectivity index (χ2v) is 4.29. The molecule has 83 valence electrons. The van der Waals surface area contributed by atoms with Crippen LogP contribution in [0.2, 0.25) is 5.02 Å². The van der Waals surface area contributed by atoms with E-state index in [2.05, 4.69) is 4.99 Å². The van der Waals surface area contributed by atoms with E-state index in [0.717, 1.165) is 22.5 Å². The SMILES string of the molecule is F[C]1C=CC2=NC(c3ccc(Cl)cc3)=CC2=C1. The molecule has 0 saturated heterocycles. The summed E-state index contributed by atoms with van der Waals surface area (Å²) in [6.07, 6.45) is 6.22. The summed E-state index contributed by atoms with van der Waals surface area (Å²) in [7, 11) is 0. The molecule has 1 radical (unpaired) electrons. The van der Waals surface area contributed by atoms with Gasteiger partial charge in [-0.3, -0.25) is 0 Å². The van der Waals surface area contributed by atoms with Gasteiger partial charge in [0.25, 0.3) is 0 Å². The van der Waals surface area contributed by atoms with Crippen molar-refractivity contribution in [2.75, 3.05) is 0 Å². The molecule has 1 aromatic carbocycles. The fraction of sp³-hybridized carbons (Fsp3) is 0. The fourth-order valence-electron chi connectivity index (χ4n) is 1.82. The van der Waals surface area contributed by atoms with Crippen LogP contribution in [-0.2, 0) is 0 Å². The normalized spacial score (nSPS) is 18.6. The topological polar surface area (TPSA) is 12.4 Å². The molecule has 1 aliphatic carbocycles. The van der Waals surface area contributed by atoms with Crippen molar-refractivity contribution in [3.63, 3.8) is 0 Å². The molecule has 0 spiro atoms. The van der Waals surface area contributed by atoms with E-state index in [1.54, 1.807) is 6.08 Å². The van der Waals surface area contributed by atoms with Crippen LogP contribution < -0.4 is 0 Å². The lowest BCUT2D eigenvalue weighted by Crippen LogP contribution is -1.99. The summed E-state index contributed by atoms with van der Waals surface area (Å²) in [5, 5.41) is 0.691. The Kier molecular flexibility index (Phi) is 2.45. The second-order valence-electron chi connectivity index (χ2n) is 3.85. The van der Waals surface area contributed by atoms with Crippen LogP contribution in [0.25, 0.3) is 5.70 Å². The average Bonchev–Trinajstić information content (AvgIpc) is 2.72. The summed E-state index contributed by atoms with van der Waals surface area (Å²) in [4.78, 5) is 4.44. The zero-order valence-corrected chi connectivity index (χ0v) is 9.58. The quantitative estimate of drug-likeness (QED) is 0.704. The Balaban J connectivity index is 2.00. The van der Waals surface area contributed by atoms with Crippen LogP contribution in [0.15, 0.2) is 59.1 Å². The number of hydrogen-bond donors (Lipinski definition) is 0. The molecule has 1 nitrogen and oxygen atoms in total. The monoisotopic (exact) mass is 244 g/mol. The van der Waals surface area contributed by atoms with Gasteiger partial charge in [-0.05, 0) is 36.4 Å². The molecule has 0 aromatic heterocycles. The number of hydrogen-bond acceptors (Lipinski definition) is 1. The minimum absolute atomic E-state index is 0.243. The predicted octanol–water partition coefficient (Wildman–Crippen LogP) is 4.13. The smallest absolute Gasteiger partial charge is 0.189 e. The Morgan fingerprint density at radius 2 is 1.76 bits per heavy atom. The number of rotatable bonds is 1. The molecule has 17 heavy (non-hydrogen) atoms. The largest absolute Gasteiger partial charge is 0.248 e. The van der Waals surface area contributed by atoms with Crippen LogP contribution >= 0.6 is 11.6 Å². The van der Waals surface area contributed by atoms with Crippen molar-refractivity contribution in [1.82, 2.24) is 0 Å². The first-order chi connectivity index (χ1) is 8.22.